The Hall–Kier alpha value is -1.34. The van der Waals surface area contributed by atoms with Gasteiger partial charge in [-0.3, -0.25) is 4.79 Å². The van der Waals surface area contributed by atoms with Gasteiger partial charge in [0.2, 0.25) is 0 Å². The van der Waals surface area contributed by atoms with Crippen LogP contribution in [-0.2, 0) is 0 Å². The van der Waals surface area contributed by atoms with Crippen LogP contribution in [0.1, 0.15) is 22.8 Å². The Bertz CT molecular complexity index is 421. The molecule has 0 aliphatic rings. The van der Waals surface area contributed by atoms with Gasteiger partial charge in [-0.05, 0) is 35.0 Å². The second-order valence-electron chi connectivity index (χ2n) is 2.70. The lowest BCUT2D eigenvalue weighted by molar-refractivity contribution is 0.101. The molecular weight excluding hydrogens is 246 g/mol. The predicted octanol–water partition coefficient (Wildman–Crippen LogP) is 2.53. The highest BCUT2D eigenvalue weighted by atomic mass is 79.9. The maximum Gasteiger partial charge on any atom is 0.161 e. The third kappa shape index (κ3) is 1.94. The number of hydrogen-bond donors (Lipinski definition) is 0. The van der Waals surface area contributed by atoms with Crippen molar-refractivity contribution in [3.63, 3.8) is 0 Å². The third-order valence-electron chi connectivity index (χ3n) is 1.79. The van der Waals surface area contributed by atoms with Gasteiger partial charge in [-0.15, -0.1) is 0 Å². The van der Waals surface area contributed by atoms with Crippen LogP contribution in [0.5, 0.6) is 5.75 Å². The van der Waals surface area contributed by atoms with Crippen LogP contribution in [-0.4, -0.2) is 12.9 Å². The molecule has 0 aliphatic heterocycles. The van der Waals surface area contributed by atoms with Gasteiger partial charge in [-0.2, -0.15) is 5.26 Å². The van der Waals surface area contributed by atoms with Crippen LogP contribution in [0, 0.1) is 11.3 Å². The third-order valence-corrected chi connectivity index (χ3v) is 2.41. The van der Waals surface area contributed by atoms with E-state index in [1.807, 2.05) is 6.07 Å². The summed E-state index contributed by atoms with van der Waals surface area (Å²) in [5.74, 6) is 0.404. The van der Waals surface area contributed by atoms with E-state index in [4.69, 9.17) is 10.00 Å². The molecule has 0 aromatic heterocycles. The summed E-state index contributed by atoms with van der Waals surface area (Å²) in [7, 11) is 1.51. The molecule has 72 valence electrons. The van der Waals surface area contributed by atoms with Crippen molar-refractivity contribution >= 4 is 21.7 Å². The highest BCUT2D eigenvalue weighted by Crippen LogP contribution is 2.28. The second kappa shape index (κ2) is 4.25. The molecule has 0 heterocycles. The Kier molecular flexibility index (Phi) is 3.26. The Morgan fingerprint density at radius 3 is 2.64 bits per heavy atom. The van der Waals surface area contributed by atoms with Gasteiger partial charge in [-0.25, -0.2) is 0 Å². The molecular formula is C10H8BrNO2. The van der Waals surface area contributed by atoms with Gasteiger partial charge in [0.1, 0.15) is 5.75 Å². The molecule has 0 spiro atoms. The lowest BCUT2D eigenvalue weighted by atomic mass is 10.1. The molecule has 0 saturated heterocycles. The molecule has 0 atom stereocenters. The monoisotopic (exact) mass is 253 g/mol. The average molecular weight is 254 g/mol. The first-order chi connectivity index (χ1) is 6.60. The van der Waals surface area contributed by atoms with Gasteiger partial charge in [0.15, 0.2) is 5.78 Å². The molecule has 0 N–H and O–H groups in total. The van der Waals surface area contributed by atoms with Gasteiger partial charge >= 0.3 is 0 Å². The molecule has 1 aromatic carbocycles. The summed E-state index contributed by atoms with van der Waals surface area (Å²) in [4.78, 5) is 11.2. The van der Waals surface area contributed by atoms with Crippen LogP contribution < -0.4 is 4.74 Å². The molecule has 0 aliphatic carbocycles. The average Bonchev–Trinajstić information content (AvgIpc) is 2.16. The lowest BCUT2D eigenvalue weighted by Gasteiger charge is -2.06. The molecule has 0 amide bonds. The molecule has 14 heavy (non-hydrogen) atoms. The normalized spacial score (nSPS) is 9.29. The zero-order valence-electron chi connectivity index (χ0n) is 7.80. The van der Waals surface area contributed by atoms with Crippen LogP contribution >= 0.6 is 15.9 Å². The minimum atomic E-state index is -0.146. The van der Waals surface area contributed by atoms with E-state index in [2.05, 4.69) is 15.9 Å². The predicted molar refractivity (Wildman–Crippen MR) is 55.4 cm³/mol. The first kappa shape index (κ1) is 10.7. The van der Waals surface area contributed by atoms with E-state index in [9.17, 15) is 4.79 Å². The van der Waals surface area contributed by atoms with Gasteiger partial charge in [0.25, 0.3) is 0 Å². The summed E-state index contributed by atoms with van der Waals surface area (Å²) in [6.07, 6.45) is 0. The summed E-state index contributed by atoms with van der Waals surface area (Å²) in [5.41, 5.74) is 0.734. The topological polar surface area (TPSA) is 50.1 Å². The van der Waals surface area contributed by atoms with E-state index in [-0.39, 0.29) is 5.78 Å². The van der Waals surface area contributed by atoms with Crippen molar-refractivity contribution in [3.05, 3.63) is 27.7 Å². The number of halogens is 1. The maximum atomic E-state index is 11.2. The van der Waals surface area contributed by atoms with Crippen molar-refractivity contribution in [1.82, 2.24) is 0 Å². The van der Waals surface area contributed by atoms with E-state index in [0.717, 1.165) is 0 Å². The fourth-order valence-corrected chi connectivity index (χ4v) is 1.60. The SMILES string of the molecule is COc1cc(C(C)=O)c(C#N)cc1Br. The minimum absolute atomic E-state index is 0.146. The molecule has 0 bridgehead atoms. The molecule has 0 fully saturated rings. The van der Waals surface area contributed by atoms with Crippen molar-refractivity contribution < 1.29 is 9.53 Å². The maximum absolute atomic E-state index is 11.2. The Balaban J connectivity index is 3.42. The van der Waals surface area contributed by atoms with Gasteiger partial charge in [-0.1, -0.05) is 0 Å². The van der Waals surface area contributed by atoms with Crippen molar-refractivity contribution in [2.24, 2.45) is 0 Å². The van der Waals surface area contributed by atoms with Crippen LogP contribution in [0.4, 0.5) is 0 Å². The molecule has 4 heteroatoms. The number of nitrogens with zero attached hydrogens (tertiary/aromatic N) is 1. The number of hydrogen-bond acceptors (Lipinski definition) is 3. The number of Topliss-reactive ketones (excluding diaryl/α,β-unsaturated/α-hetero) is 1. The highest BCUT2D eigenvalue weighted by molar-refractivity contribution is 9.10. The van der Waals surface area contributed by atoms with Crippen molar-refractivity contribution in [1.29, 1.82) is 5.26 Å². The smallest absolute Gasteiger partial charge is 0.161 e. The van der Waals surface area contributed by atoms with Crippen LogP contribution in [0.3, 0.4) is 0 Å². The number of ketones is 1. The lowest BCUT2D eigenvalue weighted by Crippen LogP contribution is -1.98. The summed E-state index contributed by atoms with van der Waals surface area (Å²) >= 11 is 3.24. The van der Waals surface area contributed by atoms with Gasteiger partial charge in [0, 0.05) is 5.56 Å². The van der Waals surface area contributed by atoms with E-state index in [1.165, 1.54) is 14.0 Å². The number of carbonyl (C=O) groups is 1. The number of methoxy groups -OCH3 is 1. The summed E-state index contributed by atoms with van der Waals surface area (Å²) < 4.78 is 5.69. The van der Waals surface area contributed by atoms with Crippen LogP contribution in [0.25, 0.3) is 0 Å². The fourth-order valence-electron chi connectivity index (χ4n) is 1.09. The number of ether oxygens (including phenoxy) is 1. The zero-order chi connectivity index (χ0) is 10.7. The van der Waals surface area contributed by atoms with Crippen LogP contribution in [0.15, 0.2) is 16.6 Å². The van der Waals surface area contributed by atoms with Gasteiger partial charge < -0.3 is 4.74 Å². The quantitative estimate of drug-likeness (QED) is 0.762. The van der Waals surface area contributed by atoms with Crippen molar-refractivity contribution in [2.45, 2.75) is 6.92 Å². The van der Waals surface area contributed by atoms with E-state index in [0.29, 0.717) is 21.3 Å². The molecule has 0 saturated carbocycles. The molecule has 1 aromatic rings. The van der Waals surface area contributed by atoms with Crippen LogP contribution in [0.2, 0.25) is 0 Å². The number of nitriles is 1. The molecule has 0 radical (unpaired) electrons. The van der Waals surface area contributed by atoms with Gasteiger partial charge in [0.05, 0.1) is 23.2 Å². The largest absolute Gasteiger partial charge is 0.496 e. The minimum Gasteiger partial charge on any atom is -0.496 e. The molecule has 0 unspecified atom stereocenters. The zero-order valence-corrected chi connectivity index (χ0v) is 9.38. The van der Waals surface area contributed by atoms with Crippen molar-refractivity contribution in [3.8, 4) is 11.8 Å². The summed E-state index contributed by atoms with van der Waals surface area (Å²) in [5, 5.41) is 8.79. The highest BCUT2D eigenvalue weighted by Gasteiger charge is 2.11. The summed E-state index contributed by atoms with van der Waals surface area (Å²) in [6.45, 7) is 1.42. The van der Waals surface area contributed by atoms with Crippen molar-refractivity contribution in [2.75, 3.05) is 7.11 Å². The Morgan fingerprint density at radius 1 is 1.57 bits per heavy atom. The van der Waals surface area contributed by atoms with E-state index in [1.54, 1.807) is 12.1 Å². The first-order valence-electron chi connectivity index (χ1n) is 3.88. The molecule has 1 rings (SSSR count). The standard InChI is InChI=1S/C10H8BrNO2/c1-6(13)8-4-10(14-2)9(11)3-7(8)5-12/h3-4H,1-2H3. The molecule has 3 nitrogen and oxygen atoms in total. The Morgan fingerprint density at radius 2 is 2.21 bits per heavy atom. The second-order valence-corrected chi connectivity index (χ2v) is 3.55. The van der Waals surface area contributed by atoms with E-state index < -0.39 is 0 Å². The summed E-state index contributed by atoms with van der Waals surface area (Å²) in [6, 6.07) is 5.10. The fraction of sp³-hybridized carbons (Fsp3) is 0.200. The first-order valence-corrected chi connectivity index (χ1v) is 4.68. The number of benzene rings is 1. The number of carbonyl (C=O) groups excluding carboxylic acids is 1. The van der Waals surface area contributed by atoms with E-state index >= 15 is 0 Å². The number of rotatable bonds is 2. The Labute approximate surface area is 90.4 Å².